The van der Waals surface area contributed by atoms with Gasteiger partial charge in [-0.3, -0.25) is 0 Å². The Morgan fingerprint density at radius 1 is 1.35 bits per heavy atom. The third-order valence-corrected chi connectivity index (χ3v) is 2.20. The molecule has 0 aliphatic heterocycles. The summed E-state index contributed by atoms with van der Waals surface area (Å²) in [7, 11) is 1.32. The van der Waals surface area contributed by atoms with Crippen LogP contribution in [-0.2, 0) is 6.42 Å². The van der Waals surface area contributed by atoms with Crippen molar-refractivity contribution < 1.29 is 13.2 Å². The molecule has 0 bridgehead atoms. The van der Waals surface area contributed by atoms with Crippen LogP contribution in [0.3, 0.4) is 0 Å². The zero-order valence-corrected chi connectivity index (χ0v) is 10.3. The summed E-state index contributed by atoms with van der Waals surface area (Å²) in [5.41, 5.74) is 0. The number of aryl methyl sites for hydroxylation is 1. The molecule has 0 aliphatic rings. The molecule has 0 amide bonds. The highest BCUT2D eigenvalue weighted by atomic mass is 35.5. The van der Waals surface area contributed by atoms with Crippen LogP contribution in [0.5, 0.6) is 0 Å². The average Bonchev–Trinajstić information content (AvgIpc) is 2.14. The van der Waals surface area contributed by atoms with E-state index < -0.39 is 12.7 Å². The second kappa shape index (κ2) is 5.53. The van der Waals surface area contributed by atoms with Crippen LogP contribution in [0.1, 0.15) is 19.2 Å². The number of anilines is 1. The van der Waals surface area contributed by atoms with E-state index in [1.165, 1.54) is 13.1 Å². The number of rotatable bonds is 4. The monoisotopic (exact) mass is 267 g/mol. The fraction of sp³-hybridized carbons (Fsp3) is 0.600. The summed E-state index contributed by atoms with van der Waals surface area (Å²) in [6, 6.07) is 1.33. The van der Waals surface area contributed by atoms with Crippen LogP contribution in [0, 0.1) is 0 Å². The van der Waals surface area contributed by atoms with Gasteiger partial charge in [0.15, 0.2) is 0 Å². The Labute approximate surface area is 103 Å². The summed E-state index contributed by atoms with van der Waals surface area (Å²) < 4.78 is 36.7. The van der Waals surface area contributed by atoms with Crippen molar-refractivity contribution in [3.63, 3.8) is 0 Å². The summed E-state index contributed by atoms with van der Waals surface area (Å²) in [5.74, 6) is 0.648. The molecule has 1 aromatic heterocycles. The van der Waals surface area contributed by atoms with Gasteiger partial charge in [0, 0.05) is 19.5 Å². The molecular weight excluding hydrogens is 255 g/mol. The zero-order chi connectivity index (χ0) is 13.1. The van der Waals surface area contributed by atoms with Crippen molar-refractivity contribution >= 4 is 17.4 Å². The highest BCUT2D eigenvalue weighted by molar-refractivity contribution is 6.29. The average molecular weight is 268 g/mol. The van der Waals surface area contributed by atoms with Crippen molar-refractivity contribution in [1.29, 1.82) is 0 Å². The fourth-order valence-corrected chi connectivity index (χ4v) is 1.53. The van der Waals surface area contributed by atoms with Crippen LogP contribution in [-0.4, -0.2) is 29.7 Å². The molecular formula is C10H13ClF3N3. The lowest BCUT2D eigenvalue weighted by atomic mass is 10.3. The van der Waals surface area contributed by atoms with Crippen LogP contribution in [0.15, 0.2) is 6.07 Å². The van der Waals surface area contributed by atoms with Crippen molar-refractivity contribution in [3.05, 3.63) is 17.0 Å². The maximum Gasteiger partial charge on any atom is 0.405 e. The number of aromatic nitrogens is 2. The first-order valence-electron chi connectivity index (χ1n) is 5.13. The van der Waals surface area contributed by atoms with Crippen LogP contribution < -0.4 is 4.90 Å². The first-order chi connectivity index (χ1) is 7.81. The lowest BCUT2D eigenvalue weighted by Gasteiger charge is -2.20. The third kappa shape index (κ3) is 4.77. The standard InChI is InChI=1S/C10H13ClF3N3/c1-3-4-8-15-7(11)5-9(16-8)17(2)6-10(12,13)14/h5H,3-4,6H2,1-2H3. The van der Waals surface area contributed by atoms with Crippen molar-refractivity contribution in [2.24, 2.45) is 0 Å². The zero-order valence-electron chi connectivity index (χ0n) is 9.55. The molecule has 1 heterocycles. The molecule has 3 nitrogen and oxygen atoms in total. The molecule has 1 rings (SSSR count). The van der Waals surface area contributed by atoms with Gasteiger partial charge in [0.2, 0.25) is 0 Å². The van der Waals surface area contributed by atoms with Gasteiger partial charge >= 0.3 is 6.18 Å². The summed E-state index contributed by atoms with van der Waals surface area (Å²) in [4.78, 5) is 8.99. The fourth-order valence-electron chi connectivity index (χ4n) is 1.33. The molecule has 17 heavy (non-hydrogen) atoms. The summed E-state index contributed by atoms with van der Waals surface area (Å²) in [5, 5.41) is 0.160. The molecule has 7 heteroatoms. The van der Waals surface area contributed by atoms with Crippen molar-refractivity contribution in [3.8, 4) is 0 Å². The molecule has 96 valence electrons. The summed E-state index contributed by atoms with van der Waals surface area (Å²) in [6.07, 6.45) is -2.87. The molecule has 0 radical (unpaired) electrons. The van der Waals surface area contributed by atoms with Crippen LogP contribution in [0.2, 0.25) is 5.15 Å². The van der Waals surface area contributed by atoms with Gasteiger partial charge in [-0.1, -0.05) is 18.5 Å². The Balaban J connectivity index is 2.89. The topological polar surface area (TPSA) is 29.0 Å². The molecule has 0 unspecified atom stereocenters. The van der Waals surface area contributed by atoms with Gasteiger partial charge in [-0.2, -0.15) is 13.2 Å². The van der Waals surface area contributed by atoms with Crippen LogP contribution in [0.25, 0.3) is 0 Å². The van der Waals surface area contributed by atoms with Gasteiger partial charge in [0.05, 0.1) is 0 Å². The van der Waals surface area contributed by atoms with E-state index in [1.807, 2.05) is 6.92 Å². The molecule has 0 atom stereocenters. The molecule has 0 N–H and O–H groups in total. The Kier molecular flexibility index (Phi) is 4.56. The van der Waals surface area contributed by atoms with E-state index >= 15 is 0 Å². The predicted molar refractivity (Wildman–Crippen MR) is 60.4 cm³/mol. The van der Waals surface area contributed by atoms with Crippen molar-refractivity contribution in [1.82, 2.24) is 9.97 Å². The quantitative estimate of drug-likeness (QED) is 0.785. The molecule has 0 spiro atoms. The van der Waals surface area contributed by atoms with E-state index in [-0.39, 0.29) is 11.0 Å². The second-order valence-electron chi connectivity index (χ2n) is 3.69. The van der Waals surface area contributed by atoms with Crippen molar-refractivity contribution in [2.45, 2.75) is 25.9 Å². The maximum atomic E-state index is 12.2. The first-order valence-corrected chi connectivity index (χ1v) is 5.51. The van der Waals surface area contributed by atoms with Crippen LogP contribution >= 0.6 is 11.6 Å². The number of halogens is 4. The van der Waals surface area contributed by atoms with Gasteiger partial charge in [0.25, 0.3) is 0 Å². The largest absolute Gasteiger partial charge is 0.405 e. The Hall–Kier alpha value is -1.04. The van der Waals surface area contributed by atoms with E-state index in [4.69, 9.17) is 11.6 Å². The van der Waals surface area contributed by atoms with E-state index in [1.54, 1.807) is 0 Å². The maximum absolute atomic E-state index is 12.2. The SMILES string of the molecule is CCCc1nc(Cl)cc(N(C)CC(F)(F)F)n1. The molecule has 0 aliphatic carbocycles. The van der Waals surface area contributed by atoms with E-state index in [0.29, 0.717) is 12.2 Å². The molecule has 0 saturated carbocycles. The first kappa shape index (κ1) is 14.0. The number of hydrogen-bond donors (Lipinski definition) is 0. The third-order valence-electron chi connectivity index (χ3n) is 2.01. The van der Waals surface area contributed by atoms with E-state index in [0.717, 1.165) is 11.3 Å². The Morgan fingerprint density at radius 2 is 2.00 bits per heavy atom. The van der Waals surface area contributed by atoms with Gasteiger partial charge in [-0.25, -0.2) is 9.97 Å². The highest BCUT2D eigenvalue weighted by Crippen LogP contribution is 2.21. The number of hydrogen-bond acceptors (Lipinski definition) is 3. The minimum Gasteiger partial charge on any atom is -0.350 e. The highest BCUT2D eigenvalue weighted by Gasteiger charge is 2.30. The molecule has 1 aromatic rings. The van der Waals surface area contributed by atoms with Gasteiger partial charge in [-0.15, -0.1) is 0 Å². The lowest BCUT2D eigenvalue weighted by Crippen LogP contribution is -2.31. The van der Waals surface area contributed by atoms with Gasteiger partial charge in [-0.05, 0) is 6.42 Å². The molecule has 0 saturated heterocycles. The van der Waals surface area contributed by atoms with E-state index in [2.05, 4.69) is 9.97 Å². The summed E-state index contributed by atoms with van der Waals surface area (Å²) >= 11 is 5.74. The van der Waals surface area contributed by atoms with Gasteiger partial charge in [0.1, 0.15) is 23.3 Å². The normalized spacial score (nSPS) is 11.6. The Morgan fingerprint density at radius 3 is 2.53 bits per heavy atom. The van der Waals surface area contributed by atoms with E-state index in [9.17, 15) is 13.2 Å². The molecule has 0 fully saturated rings. The Bertz CT molecular complexity index is 382. The van der Waals surface area contributed by atoms with Gasteiger partial charge < -0.3 is 4.90 Å². The lowest BCUT2D eigenvalue weighted by molar-refractivity contribution is -0.119. The summed E-state index contributed by atoms with van der Waals surface area (Å²) in [6.45, 7) is 0.870. The number of alkyl halides is 3. The minimum atomic E-state index is -4.27. The van der Waals surface area contributed by atoms with Crippen molar-refractivity contribution in [2.75, 3.05) is 18.5 Å². The molecule has 0 aromatic carbocycles. The number of nitrogens with zero attached hydrogens (tertiary/aromatic N) is 3. The second-order valence-corrected chi connectivity index (χ2v) is 4.07. The smallest absolute Gasteiger partial charge is 0.350 e. The minimum absolute atomic E-state index is 0.160. The van der Waals surface area contributed by atoms with Crippen LogP contribution in [0.4, 0.5) is 19.0 Å². The predicted octanol–water partition coefficient (Wildman–Crippen LogP) is 3.08.